The normalized spacial score (nSPS) is 14.6. The highest BCUT2D eigenvalue weighted by molar-refractivity contribution is 5.87. The Morgan fingerprint density at radius 1 is 1.38 bits per heavy atom. The molecule has 16 heavy (non-hydrogen) atoms. The number of carbonyl (C=O) groups is 2. The zero-order valence-corrected chi connectivity index (χ0v) is 10.0. The number of hydrogen-bond acceptors (Lipinski definition) is 4. The summed E-state index contributed by atoms with van der Waals surface area (Å²) in [5.74, 6) is -0.741. The molecule has 2 atom stereocenters. The summed E-state index contributed by atoms with van der Waals surface area (Å²) in [7, 11) is 1.56. The second kappa shape index (κ2) is 7.19. The van der Waals surface area contributed by atoms with Crippen LogP contribution in [-0.4, -0.2) is 37.6 Å². The van der Waals surface area contributed by atoms with E-state index < -0.39 is 11.9 Å². The average molecular weight is 231 g/mol. The minimum absolute atomic E-state index is 0.114. The van der Waals surface area contributed by atoms with Crippen LogP contribution in [0.1, 0.15) is 20.3 Å². The van der Waals surface area contributed by atoms with Gasteiger partial charge in [-0.25, -0.2) is 0 Å². The molecule has 0 spiro atoms. The van der Waals surface area contributed by atoms with Gasteiger partial charge in [0.2, 0.25) is 11.8 Å². The molecule has 0 rings (SSSR count). The smallest absolute Gasteiger partial charge is 0.237 e. The lowest BCUT2D eigenvalue weighted by Gasteiger charge is -2.23. The predicted molar refractivity (Wildman–Crippen MR) is 60.4 cm³/mol. The van der Waals surface area contributed by atoms with Gasteiger partial charge in [-0.2, -0.15) is 0 Å². The summed E-state index contributed by atoms with van der Waals surface area (Å²) in [5, 5.41) is 2.73. The Kier molecular flexibility index (Phi) is 6.67. The molecular formula is C10H21N3O3. The van der Waals surface area contributed by atoms with Gasteiger partial charge >= 0.3 is 0 Å². The molecule has 0 saturated heterocycles. The quantitative estimate of drug-likeness (QED) is 0.521. The molecule has 0 aliphatic carbocycles. The lowest BCUT2D eigenvalue weighted by Crippen LogP contribution is -2.50. The van der Waals surface area contributed by atoms with Gasteiger partial charge in [-0.05, 0) is 5.92 Å². The molecule has 0 aromatic rings. The van der Waals surface area contributed by atoms with Gasteiger partial charge < -0.3 is 21.5 Å². The van der Waals surface area contributed by atoms with Gasteiger partial charge in [0, 0.05) is 7.11 Å². The summed E-state index contributed by atoms with van der Waals surface area (Å²) in [6.45, 7) is 4.33. The Balaban J connectivity index is 4.22. The molecule has 0 bridgehead atoms. The van der Waals surface area contributed by atoms with E-state index >= 15 is 0 Å². The third kappa shape index (κ3) is 5.67. The molecule has 0 aliphatic rings. The standard InChI is InChI=1S/C10H21N3O3/c1-6(2)8(5-16-3)13-10(15)7(11)4-9(12)14/h6-8H,4-5,11H2,1-3H3,(H2,12,14)(H,13,15). The van der Waals surface area contributed by atoms with Crippen molar-refractivity contribution in [3.63, 3.8) is 0 Å². The van der Waals surface area contributed by atoms with E-state index in [0.29, 0.717) is 6.61 Å². The van der Waals surface area contributed by atoms with E-state index in [9.17, 15) is 9.59 Å². The summed E-state index contributed by atoms with van der Waals surface area (Å²) < 4.78 is 4.98. The van der Waals surface area contributed by atoms with Crippen molar-refractivity contribution in [1.82, 2.24) is 5.32 Å². The van der Waals surface area contributed by atoms with Crippen LogP contribution < -0.4 is 16.8 Å². The molecule has 6 heteroatoms. The van der Waals surface area contributed by atoms with E-state index in [1.807, 2.05) is 13.8 Å². The molecule has 0 radical (unpaired) electrons. The van der Waals surface area contributed by atoms with Crippen molar-refractivity contribution in [1.29, 1.82) is 0 Å². The average Bonchev–Trinajstić information content (AvgIpc) is 2.15. The lowest BCUT2D eigenvalue weighted by atomic mass is 10.0. The maximum atomic E-state index is 11.6. The molecule has 0 fully saturated rings. The fourth-order valence-corrected chi connectivity index (χ4v) is 1.18. The fraction of sp³-hybridized carbons (Fsp3) is 0.800. The molecule has 2 amide bonds. The van der Waals surface area contributed by atoms with Crippen LogP contribution in [0.15, 0.2) is 0 Å². The number of amides is 2. The minimum atomic E-state index is -0.893. The maximum Gasteiger partial charge on any atom is 0.237 e. The fourth-order valence-electron chi connectivity index (χ4n) is 1.18. The zero-order chi connectivity index (χ0) is 12.7. The van der Waals surface area contributed by atoms with Gasteiger partial charge in [0.15, 0.2) is 0 Å². The molecular weight excluding hydrogens is 210 g/mol. The largest absolute Gasteiger partial charge is 0.383 e. The second-order valence-corrected chi connectivity index (χ2v) is 4.09. The topological polar surface area (TPSA) is 107 Å². The predicted octanol–water partition coefficient (Wildman–Crippen LogP) is -1.02. The zero-order valence-electron chi connectivity index (χ0n) is 10.0. The van der Waals surface area contributed by atoms with Crippen LogP contribution >= 0.6 is 0 Å². The number of methoxy groups -OCH3 is 1. The number of ether oxygens (including phenoxy) is 1. The van der Waals surface area contributed by atoms with Crippen LogP contribution in [-0.2, 0) is 14.3 Å². The van der Waals surface area contributed by atoms with Crippen molar-refractivity contribution < 1.29 is 14.3 Å². The first-order chi connectivity index (χ1) is 7.38. The van der Waals surface area contributed by atoms with Gasteiger partial charge in [-0.15, -0.1) is 0 Å². The third-order valence-corrected chi connectivity index (χ3v) is 2.24. The highest BCUT2D eigenvalue weighted by atomic mass is 16.5. The van der Waals surface area contributed by atoms with E-state index in [2.05, 4.69) is 5.32 Å². The molecule has 6 nitrogen and oxygen atoms in total. The Bertz CT molecular complexity index is 243. The van der Waals surface area contributed by atoms with Crippen LogP contribution in [0.3, 0.4) is 0 Å². The summed E-state index contributed by atoms with van der Waals surface area (Å²) in [6, 6.07) is -1.01. The first kappa shape index (κ1) is 14.9. The third-order valence-electron chi connectivity index (χ3n) is 2.24. The van der Waals surface area contributed by atoms with Gasteiger partial charge in [0.1, 0.15) is 0 Å². The maximum absolute atomic E-state index is 11.6. The number of nitrogens with two attached hydrogens (primary N) is 2. The molecule has 0 aliphatic heterocycles. The van der Waals surface area contributed by atoms with Crippen LogP contribution in [0, 0.1) is 5.92 Å². The first-order valence-corrected chi connectivity index (χ1v) is 5.21. The number of primary amides is 1. The Morgan fingerprint density at radius 3 is 2.31 bits per heavy atom. The molecule has 0 aromatic carbocycles. The number of rotatable bonds is 7. The van der Waals surface area contributed by atoms with Crippen molar-refractivity contribution in [2.45, 2.75) is 32.4 Å². The molecule has 5 N–H and O–H groups in total. The van der Waals surface area contributed by atoms with Gasteiger partial charge in [-0.3, -0.25) is 9.59 Å². The molecule has 0 saturated carbocycles. The highest BCUT2D eigenvalue weighted by Gasteiger charge is 2.21. The van der Waals surface area contributed by atoms with Gasteiger partial charge in [0.25, 0.3) is 0 Å². The van der Waals surface area contributed by atoms with Crippen molar-refractivity contribution in [3.05, 3.63) is 0 Å². The summed E-state index contributed by atoms with van der Waals surface area (Å²) in [4.78, 5) is 22.2. The second-order valence-electron chi connectivity index (χ2n) is 4.09. The van der Waals surface area contributed by atoms with Crippen LogP contribution in [0.25, 0.3) is 0 Å². The van der Waals surface area contributed by atoms with Crippen molar-refractivity contribution in [2.24, 2.45) is 17.4 Å². The number of hydrogen-bond donors (Lipinski definition) is 3. The van der Waals surface area contributed by atoms with E-state index in [1.165, 1.54) is 0 Å². The van der Waals surface area contributed by atoms with Crippen molar-refractivity contribution >= 4 is 11.8 Å². The number of carbonyl (C=O) groups excluding carboxylic acids is 2. The van der Waals surface area contributed by atoms with Crippen LogP contribution in [0.2, 0.25) is 0 Å². The van der Waals surface area contributed by atoms with E-state index in [4.69, 9.17) is 16.2 Å². The Morgan fingerprint density at radius 2 is 1.94 bits per heavy atom. The van der Waals surface area contributed by atoms with Crippen molar-refractivity contribution in [2.75, 3.05) is 13.7 Å². The number of nitrogens with one attached hydrogen (secondary N) is 1. The summed E-state index contributed by atoms with van der Waals surface area (Å²) >= 11 is 0. The van der Waals surface area contributed by atoms with Gasteiger partial charge in [0.05, 0.1) is 25.1 Å². The molecule has 94 valence electrons. The van der Waals surface area contributed by atoms with Crippen molar-refractivity contribution in [3.8, 4) is 0 Å². The lowest BCUT2D eigenvalue weighted by molar-refractivity contribution is -0.127. The summed E-state index contributed by atoms with van der Waals surface area (Å²) in [6.07, 6.45) is -0.149. The highest BCUT2D eigenvalue weighted by Crippen LogP contribution is 2.02. The van der Waals surface area contributed by atoms with E-state index in [1.54, 1.807) is 7.11 Å². The van der Waals surface area contributed by atoms with Crippen LogP contribution in [0.5, 0.6) is 0 Å². The molecule has 0 heterocycles. The summed E-state index contributed by atoms with van der Waals surface area (Å²) in [5.41, 5.74) is 10.5. The first-order valence-electron chi connectivity index (χ1n) is 5.21. The van der Waals surface area contributed by atoms with Gasteiger partial charge in [-0.1, -0.05) is 13.8 Å². The SMILES string of the molecule is COCC(NC(=O)C(N)CC(N)=O)C(C)C. The van der Waals surface area contributed by atoms with E-state index in [-0.39, 0.29) is 24.3 Å². The molecule has 0 aromatic heterocycles. The van der Waals surface area contributed by atoms with E-state index in [0.717, 1.165) is 0 Å². The molecule has 2 unspecified atom stereocenters. The Hall–Kier alpha value is -1.14. The minimum Gasteiger partial charge on any atom is -0.383 e. The Labute approximate surface area is 95.7 Å². The van der Waals surface area contributed by atoms with Crippen LogP contribution in [0.4, 0.5) is 0 Å². The monoisotopic (exact) mass is 231 g/mol.